The second-order valence-electron chi connectivity index (χ2n) is 4.29. The third-order valence-electron chi connectivity index (χ3n) is 2.90. The molecule has 0 bridgehead atoms. The first-order valence-corrected chi connectivity index (χ1v) is 6.78. The number of aromatic carboxylic acids is 1. The minimum atomic E-state index is -1.05. The minimum absolute atomic E-state index is 0.101. The number of halogens is 1. The summed E-state index contributed by atoms with van der Waals surface area (Å²) in [5, 5.41) is 9.01. The number of rotatable bonds is 2. The van der Waals surface area contributed by atoms with E-state index in [9.17, 15) is 9.59 Å². The number of ether oxygens (including phenoxy) is 1. The summed E-state index contributed by atoms with van der Waals surface area (Å²) in [5.41, 5.74) is 0.484. The van der Waals surface area contributed by atoms with Crippen LogP contribution >= 0.6 is 15.9 Å². The van der Waals surface area contributed by atoms with Crippen molar-refractivity contribution in [2.45, 2.75) is 6.42 Å². The third kappa shape index (κ3) is 3.54. The molecule has 1 aliphatic heterocycles. The summed E-state index contributed by atoms with van der Waals surface area (Å²) in [6, 6.07) is 4.52. The standard InChI is InChI=1S/C13H14BrNO4/c14-11-7-9(6-10(8-11)13(17)18)12(16)15-2-1-4-19-5-3-15/h6-8H,1-5H2,(H,17,18). The van der Waals surface area contributed by atoms with Crippen LogP contribution < -0.4 is 0 Å². The Bertz CT molecular complexity index is 495. The number of amides is 1. The molecule has 0 unspecified atom stereocenters. The maximum atomic E-state index is 12.3. The first-order valence-electron chi connectivity index (χ1n) is 5.99. The molecule has 1 aromatic carbocycles. The van der Waals surface area contributed by atoms with Gasteiger partial charge in [-0.2, -0.15) is 0 Å². The Balaban J connectivity index is 2.24. The van der Waals surface area contributed by atoms with E-state index in [0.29, 0.717) is 36.3 Å². The SMILES string of the molecule is O=C(O)c1cc(Br)cc(C(=O)N2CCCOCC2)c1. The zero-order valence-electron chi connectivity index (χ0n) is 10.3. The van der Waals surface area contributed by atoms with E-state index in [4.69, 9.17) is 9.84 Å². The lowest BCUT2D eigenvalue weighted by molar-refractivity contribution is 0.0696. The molecule has 0 spiro atoms. The van der Waals surface area contributed by atoms with Crippen LogP contribution in [-0.2, 0) is 4.74 Å². The summed E-state index contributed by atoms with van der Waals surface area (Å²) in [7, 11) is 0. The van der Waals surface area contributed by atoms with Crippen LogP contribution in [0.1, 0.15) is 27.1 Å². The lowest BCUT2D eigenvalue weighted by Crippen LogP contribution is -2.33. The number of nitrogens with zero attached hydrogens (tertiary/aromatic N) is 1. The Kier molecular flexibility index (Phi) is 4.55. The van der Waals surface area contributed by atoms with Gasteiger partial charge in [-0.15, -0.1) is 0 Å². The van der Waals surface area contributed by atoms with Crippen molar-refractivity contribution >= 4 is 27.8 Å². The van der Waals surface area contributed by atoms with Crippen molar-refractivity contribution in [1.82, 2.24) is 4.90 Å². The highest BCUT2D eigenvalue weighted by molar-refractivity contribution is 9.10. The third-order valence-corrected chi connectivity index (χ3v) is 3.36. The molecule has 0 saturated carbocycles. The van der Waals surface area contributed by atoms with Gasteiger partial charge < -0.3 is 14.7 Å². The first kappa shape index (κ1) is 14.0. The molecular weight excluding hydrogens is 314 g/mol. The van der Waals surface area contributed by atoms with E-state index in [1.165, 1.54) is 12.1 Å². The van der Waals surface area contributed by atoms with Crippen molar-refractivity contribution in [3.05, 3.63) is 33.8 Å². The molecule has 0 aromatic heterocycles. The summed E-state index contributed by atoms with van der Waals surface area (Å²) in [5.74, 6) is -1.20. The topological polar surface area (TPSA) is 66.8 Å². The van der Waals surface area contributed by atoms with Gasteiger partial charge in [-0.1, -0.05) is 15.9 Å². The highest BCUT2D eigenvalue weighted by Crippen LogP contribution is 2.18. The van der Waals surface area contributed by atoms with Crippen molar-refractivity contribution in [3.63, 3.8) is 0 Å². The quantitative estimate of drug-likeness (QED) is 0.902. The zero-order valence-corrected chi connectivity index (χ0v) is 11.9. The molecular formula is C13H14BrNO4. The number of carboxylic acid groups (broad SMARTS) is 1. The molecule has 19 heavy (non-hydrogen) atoms. The van der Waals surface area contributed by atoms with Crippen molar-refractivity contribution in [1.29, 1.82) is 0 Å². The van der Waals surface area contributed by atoms with Crippen LogP contribution in [0.2, 0.25) is 0 Å². The maximum absolute atomic E-state index is 12.3. The molecule has 1 heterocycles. The van der Waals surface area contributed by atoms with Crippen molar-refractivity contribution < 1.29 is 19.4 Å². The molecule has 1 aromatic rings. The monoisotopic (exact) mass is 327 g/mol. The Morgan fingerprint density at radius 1 is 1.16 bits per heavy atom. The summed E-state index contributed by atoms with van der Waals surface area (Å²) >= 11 is 3.23. The minimum Gasteiger partial charge on any atom is -0.478 e. The number of hydrogen-bond acceptors (Lipinski definition) is 3. The molecule has 1 aliphatic rings. The molecule has 6 heteroatoms. The second-order valence-corrected chi connectivity index (χ2v) is 5.21. The fraction of sp³-hybridized carbons (Fsp3) is 0.385. The van der Waals surface area contributed by atoms with Gasteiger partial charge in [0.25, 0.3) is 5.91 Å². The van der Waals surface area contributed by atoms with Crippen LogP contribution in [0.3, 0.4) is 0 Å². The van der Waals surface area contributed by atoms with Crippen molar-refractivity contribution in [2.75, 3.05) is 26.3 Å². The predicted molar refractivity (Wildman–Crippen MR) is 72.4 cm³/mol. The fourth-order valence-corrected chi connectivity index (χ4v) is 2.46. The van der Waals surface area contributed by atoms with E-state index in [-0.39, 0.29) is 11.5 Å². The van der Waals surface area contributed by atoms with Gasteiger partial charge in [0.15, 0.2) is 0 Å². The van der Waals surface area contributed by atoms with Gasteiger partial charge in [-0.25, -0.2) is 4.79 Å². The average Bonchev–Trinajstić information content (AvgIpc) is 2.65. The van der Waals surface area contributed by atoms with Crippen LogP contribution in [0.25, 0.3) is 0 Å². The molecule has 5 nitrogen and oxygen atoms in total. The molecule has 0 radical (unpaired) electrons. The lowest BCUT2D eigenvalue weighted by Gasteiger charge is -2.19. The lowest BCUT2D eigenvalue weighted by atomic mass is 10.1. The van der Waals surface area contributed by atoms with E-state index in [2.05, 4.69) is 15.9 Å². The maximum Gasteiger partial charge on any atom is 0.335 e. The number of benzene rings is 1. The molecule has 2 rings (SSSR count). The smallest absolute Gasteiger partial charge is 0.335 e. The Hall–Kier alpha value is -1.40. The van der Waals surface area contributed by atoms with Crippen molar-refractivity contribution in [2.24, 2.45) is 0 Å². The Morgan fingerprint density at radius 3 is 2.63 bits per heavy atom. The van der Waals surface area contributed by atoms with Gasteiger partial charge in [-0.3, -0.25) is 4.79 Å². The predicted octanol–water partition coefficient (Wildman–Crippen LogP) is 2.01. The van der Waals surface area contributed by atoms with E-state index < -0.39 is 5.97 Å². The van der Waals surface area contributed by atoms with Gasteiger partial charge in [-0.05, 0) is 24.6 Å². The van der Waals surface area contributed by atoms with E-state index in [1.807, 2.05) is 0 Å². The number of hydrogen-bond donors (Lipinski definition) is 1. The molecule has 1 saturated heterocycles. The van der Waals surface area contributed by atoms with Crippen LogP contribution in [0.15, 0.2) is 22.7 Å². The van der Waals surface area contributed by atoms with E-state index in [1.54, 1.807) is 11.0 Å². The normalized spacial score (nSPS) is 15.9. The van der Waals surface area contributed by atoms with Crippen LogP contribution in [0, 0.1) is 0 Å². The average molecular weight is 328 g/mol. The van der Waals surface area contributed by atoms with Crippen LogP contribution in [-0.4, -0.2) is 48.2 Å². The summed E-state index contributed by atoms with van der Waals surface area (Å²) in [6.07, 6.45) is 0.797. The van der Waals surface area contributed by atoms with Gasteiger partial charge in [0.2, 0.25) is 0 Å². The molecule has 0 aliphatic carbocycles. The number of carbonyl (C=O) groups is 2. The largest absolute Gasteiger partial charge is 0.478 e. The summed E-state index contributed by atoms with van der Waals surface area (Å²) < 4.78 is 5.88. The van der Waals surface area contributed by atoms with E-state index in [0.717, 1.165) is 6.42 Å². The number of carbonyl (C=O) groups excluding carboxylic acids is 1. The van der Waals surface area contributed by atoms with E-state index >= 15 is 0 Å². The summed E-state index contributed by atoms with van der Waals surface area (Å²) in [6.45, 7) is 2.34. The summed E-state index contributed by atoms with van der Waals surface area (Å²) in [4.78, 5) is 25.0. The highest BCUT2D eigenvalue weighted by Gasteiger charge is 2.19. The Morgan fingerprint density at radius 2 is 1.89 bits per heavy atom. The Labute approximate surface area is 119 Å². The fourth-order valence-electron chi connectivity index (χ4n) is 1.97. The molecule has 102 valence electrons. The van der Waals surface area contributed by atoms with Crippen LogP contribution in [0.4, 0.5) is 0 Å². The molecule has 1 N–H and O–H groups in total. The highest BCUT2D eigenvalue weighted by atomic mass is 79.9. The molecule has 0 atom stereocenters. The molecule has 1 amide bonds. The van der Waals surface area contributed by atoms with Gasteiger partial charge in [0, 0.05) is 29.7 Å². The van der Waals surface area contributed by atoms with Gasteiger partial charge >= 0.3 is 5.97 Å². The number of carboxylic acids is 1. The molecule has 1 fully saturated rings. The zero-order chi connectivity index (χ0) is 13.8. The van der Waals surface area contributed by atoms with Gasteiger partial charge in [0.1, 0.15) is 0 Å². The first-order chi connectivity index (χ1) is 9.08. The second kappa shape index (κ2) is 6.16. The van der Waals surface area contributed by atoms with Crippen LogP contribution in [0.5, 0.6) is 0 Å². The van der Waals surface area contributed by atoms with Crippen molar-refractivity contribution in [3.8, 4) is 0 Å². The van der Waals surface area contributed by atoms with Gasteiger partial charge in [0.05, 0.1) is 12.2 Å².